The summed E-state index contributed by atoms with van der Waals surface area (Å²) >= 11 is 0. The summed E-state index contributed by atoms with van der Waals surface area (Å²) in [5.41, 5.74) is -2.65. The number of rotatable bonds is 4. The van der Waals surface area contributed by atoms with E-state index in [9.17, 15) is 22.8 Å². The molecular formula is C8H9F3N4O3. The maximum absolute atomic E-state index is 12.6. The van der Waals surface area contributed by atoms with Crippen molar-refractivity contribution in [2.45, 2.75) is 19.1 Å². The number of halogens is 3. The zero-order chi connectivity index (χ0) is 13.9. The average molecular weight is 266 g/mol. The third-order valence-corrected chi connectivity index (χ3v) is 2.04. The molecule has 0 aliphatic heterocycles. The summed E-state index contributed by atoms with van der Waals surface area (Å²) in [5.74, 6) is -2.32. The number of carboxylic acids is 1. The van der Waals surface area contributed by atoms with Crippen LogP contribution < -0.4 is 5.32 Å². The first-order chi connectivity index (χ1) is 8.27. The lowest BCUT2D eigenvalue weighted by atomic mass is 10.3. The maximum Gasteiger partial charge on any atom is 0.435 e. The summed E-state index contributed by atoms with van der Waals surface area (Å²) in [6.07, 6.45) is -5.16. The van der Waals surface area contributed by atoms with Crippen molar-refractivity contribution < 1.29 is 27.9 Å². The highest BCUT2D eigenvalue weighted by atomic mass is 19.4. The average Bonchev–Trinajstić information content (AvgIpc) is 2.69. The van der Waals surface area contributed by atoms with Gasteiger partial charge in [-0.05, 0) is 0 Å². The number of aryl methyl sites for hydroxylation is 1. The number of nitrogens with zero attached hydrogens (tertiary/aromatic N) is 3. The van der Waals surface area contributed by atoms with Crippen LogP contribution in [-0.2, 0) is 17.5 Å². The fourth-order valence-corrected chi connectivity index (χ4v) is 1.23. The summed E-state index contributed by atoms with van der Waals surface area (Å²) in [6.45, 7) is -0.408. The molecule has 1 aromatic heterocycles. The number of amides is 1. The minimum atomic E-state index is -4.90. The van der Waals surface area contributed by atoms with Crippen LogP contribution in [0.15, 0.2) is 0 Å². The van der Waals surface area contributed by atoms with Crippen LogP contribution in [0.5, 0.6) is 0 Å². The molecule has 0 fully saturated rings. The molecule has 1 amide bonds. The Morgan fingerprint density at radius 3 is 2.50 bits per heavy atom. The van der Waals surface area contributed by atoms with Gasteiger partial charge in [0.2, 0.25) is 11.6 Å². The second kappa shape index (κ2) is 5.02. The van der Waals surface area contributed by atoms with Crippen LogP contribution in [-0.4, -0.2) is 39.0 Å². The molecule has 0 radical (unpaired) electrons. The first-order valence-electron chi connectivity index (χ1n) is 4.72. The first-order valence-corrected chi connectivity index (χ1v) is 4.72. The van der Waals surface area contributed by atoms with Gasteiger partial charge in [-0.1, -0.05) is 5.21 Å². The summed E-state index contributed by atoms with van der Waals surface area (Å²) < 4.78 is 38.3. The Bertz CT molecular complexity index is 469. The van der Waals surface area contributed by atoms with Gasteiger partial charge in [-0.2, -0.15) is 13.2 Å². The van der Waals surface area contributed by atoms with E-state index in [1.54, 1.807) is 0 Å². The lowest BCUT2D eigenvalue weighted by Crippen LogP contribution is -2.23. The number of carbonyl (C=O) groups excluding carboxylic acids is 1. The van der Waals surface area contributed by atoms with Gasteiger partial charge in [-0.15, -0.1) is 5.10 Å². The molecular weight excluding hydrogens is 257 g/mol. The van der Waals surface area contributed by atoms with Gasteiger partial charge in [-0.3, -0.25) is 4.79 Å². The van der Waals surface area contributed by atoms with Gasteiger partial charge in [-0.25, -0.2) is 9.48 Å². The third-order valence-electron chi connectivity index (χ3n) is 2.04. The van der Waals surface area contributed by atoms with Crippen LogP contribution in [0.2, 0.25) is 0 Å². The molecule has 2 N–H and O–H groups in total. The zero-order valence-corrected chi connectivity index (χ0v) is 9.15. The van der Waals surface area contributed by atoms with Crippen molar-refractivity contribution in [2.75, 3.05) is 7.05 Å². The first kappa shape index (κ1) is 13.9. The van der Waals surface area contributed by atoms with Gasteiger partial charge >= 0.3 is 12.1 Å². The highest BCUT2D eigenvalue weighted by Gasteiger charge is 2.41. The van der Waals surface area contributed by atoms with E-state index >= 15 is 0 Å². The Kier molecular flexibility index (Phi) is 3.89. The highest BCUT2D eigenvalue weighted by molar-refractivity contribution is 5.86. The minimum absolute atomic E-state index is 0.262. The molecule has 7 nitrogen and oxygen atoms in total. The summed E-state index contributed by atoms with van der Waals surface area (Å²) in [5, 5.41) is 16.8. The van der Waals surface area contributed by atoms with E-state index in [1.165, 1.54) is 7.05 Å². The van der Waals surface area contributed by atoms with Crippen molar-refractivity contribution in [1.82, 2.24) is 20.3 Å². The Hall–Kier alpha value is -2.13. The van der Waals surface area contributed by atoms with Crippen molar-refractivity contribution in [2.24, 2.45) is 0 Å². The molecule has 0 aromatic carbocycles. The second-order valence-corrected chi connectivity index (χ2v) is 3.24. The van der Waals surface area contributed by atoms with Crippen molar-refractivity contribution in [3.05, 3.63) is 11.4 Å². The molecule has 0 saturated heterocycles. The topological polar surface area (TPSA) is 97.1 Å². The van der Waals surface area contributed by atoms with Crippen molar-refractivity contribution >= 4 is 11.9 Å². The number of carboxylic acid groups (broad SMARTS) is 1. The van der Waals surface area contributed by atoms with Gasteiger partial charge in [0.25, 0.3) is 0 Å². The molecule has 10 heteroatoms. The Balaban J connectivity index is 3.06. The molecule has 1 heterocycles. The second-order valence-electron chi connectivity index (χ2n) is 3.24. The smallest absolute Gasteiger partial charge is 0.435 e. The number of alkyl halides is 3. The van der Waals surface area contributed by atoms with Gasteiger partial charge in [0, 0.05) is 13.5 Å². The number of aromatic nitrogens is 3. The quantitative estimate of drug-likeness (QED) is 0.807. The number of hydrogen-bond donors (Lipinski definition) is 2. The molecule has 0 unspecified atom stereocenters. The van der Waals surface area contributed by atoms with Crippen LogP contribution in [0.4, 0.5) is 13.2 Å². The number of carbonyl (C=O) groups is 2. The molecule has 100 valence electrons. The fraction of sp³-hybridized carbons (Fsp3) is 0.500. The van der Waals surface area contributed by atoms with E-state index in [2.05, 4.69) is 15.6 Å². The summed E-state index contributed by atoms with van der Waals surface area (Å²) in [7, 11) is 1.33. The fourth-order valence-electron chi connectivity index (χ4n) is 1.23. The number of hydrogen-bond acceptors (Lipinski definition) is 4. The van der Waals surface area contributed by atoms with Crippen molar-refractivity contribution in [1.29, 1.82) is 0 Å². The van der Waals surface area contributed by atoms with E-state index in [0.29, 0.717) is 4.68 Å². The van der Waals surface area contributed by atoms with Crippen LogP contribution in [0.1, 0.15) is 22.6 Å². The molecule has 0 atom stereocenters. The van der Waals surface area contributed by atoms with Gasteiger partial charge in [0.15, 0.2) is 5.69 Å². The predicted octanol–water partition coefficient (Wildman–Crippen LogP) is 0.131. The zero-order valence-electron chi connectivity index (χ0n) is 9.15. The Morgan fingerprint density at radius 2 is 2.06 bits per heavy atom. The van der Waals surface area contributed by atoms with E-state index in [-0.39, 0.29) is 6.42 Å². The normalized spacial score (nSPS) is 11.3. The lowest BCUT2D eigenvalue weighted by Gasteiger charge is -2.09. The molecule has 1 aromatic rings. The predicted molar refractivity (Wildman–Crippen MR) is 50.7 cm³/mol. The van der Waals surface area contributed by atoms with Gasteiger partial charge in [0.05, 0.1) is 6.54 Å². The molecule has 1 rings (SSSR count). The molecule has 0 saturated carbocycles. The molecule has 0 spiro atoms. The van der Waals surface area contributed by atoms with E-state index in [1.807, 2.05) is 0 Å². The summed E-state index contributed by atoms with van der Waals surface area (Å²) in [6, 6.07) is 0. The number of aromatic carboxylic acids is 1. The standard InChI is InChI=1S/C8H9F3N4O3/c1-12-4(16)2-3-15-6(8(9,10)11)5(7(17)18)13-14-15/h2-3H2,1H3,(H,12,16)(H,17,18). The molecule has 18 heavy (non-hydrogen) atoms. The third kappa shape index (κ3) is 2.96. The number of nitrogens with one attached hydrogen (secondary N) is 1. The van der Waals surface area contributed by atoms with Crippen molar-refractivity contribution in [3.8, 4) is 0 Å². The Labute approximate surface area is 98.6 Å². The SMILES string of the molecule is CNC(=O)CCn1nnc(C(=O)O)c1C(F)(F)F. The highest BCUT2D eigenvalue weighted by Crippen LogP contribution is 2.31. The molecule has 0 aliphatic carbocycles. The van der Waals surface area contributed by atoms with Crippen LogP contribution in [0.3, 0.4) is 0 Å². The van der Waals surface area contributed by atoms with Gasteiger partial charge < -0.3 is 10.4 Å². The Morgan fingerprint density at radius 1 is 1.44 bits per heavy atom. The van der Waals surface area contributed by atoms with E-state index in [4.69, 9.17) is 5.11 Å². The largest absolute Gasteiger partial charge is 0.476 e. The maximum atomic E-state index is 12.6. The van der Waals surface area contributed by atoms with E-state index < -0.39 is 36.0 Å². The van der Waals surface area contributed by atoms with Gasteiger partial charge in [0.1, 0.15) is 0 Å². The van der Waals surface area contributed by atoms with Crippen LogP contribution >= 0.6 is 0 Å². The summed E-state index contributed by atoms with van der Waals surface area (Å²) in [4.78, 5) is 21.5. The van der Waals surface area contributed by atoms with Crippen molar-refractivity contribution in [3.63, 3.8) is 0 Å². The monoisotopic (exact) mass is 266 g/mol. The van der Waals surface area contributed by atoms with Crippen LogP contribution in [0.25, 0.3) is 0 Å². The minimum Gasteiger partial charge on any atom is -0.476 e. The lowest BCUT2D eigenvalue weighted by molar-refractivity contribution is -0.145. The molecule has 0 aliphatic rings. The van der Waals surface area contributed by atoms with Crippen LogP contribution in [0, 0.1) is 0 Å². The van der Waals surface area contributed by atoms with E-state index in [0.717, 1.165) is 0 Å². The molecule has 0 bridgehead atoms.